The van der Waals surface area contributed by atoms with Crippen molar-refractivity contribution in [2.45, 2.75) is 33.1 Å². The zero-order valence-electron chi connectivity index (χ0n) is 9.84. The average molecular weight is 218 g/mol. The summed E-state index contributed by atoms with van der Waals surface area (Å²) in [4.78, 5) is 11.8. The Labute approximate surface area is 96.0 Å². The van der Waals surface area contributed by atoms with Crippen LogP contribution in [0.3, 0.4) is 0 Å². The van der Waals surface area contributed by atoms with E-state index in [1.807, 2.05) is 26.0 Å². The van der Waals surface area contributed by atoms with Gasteiger partial charge in [-0.05, 0) is 43.9 Å². The standard InChI is InChI=1S/C13H18N2O/c1-8-6-7-11(14)12(9(8)2)15-13(16)10-4-3-5-10/h6-7,10H,3-5,14H2,1-2H3,(H,15,16). The summed E-state index contributed by atoms with van der Waals surface area (Å²) in [6.45, 7) is 4.01. The van der Waals surface area contributed by atoms with Crippen LogP contribution in [-0.2, 0) is 4.79 Å². The fraction of sp³-hybridized carbons (Fsp3) is 0.462. The molecule has 3 heteroatoms. The van der Waals surface area contributed by atoms with Crippen molar-refractivity contribution in [3.05, 3.63) is 23.3 Å². The number of hydrogen-bond acceptors (Lipinski definition) is 2. The van der Waals surface area contributed by atoms with Crippen LogP contribution in [0.5, 0.6) is 0 Å². The van der Waals surface area contributed by atoms with Crippen molar-refractivity contribution in [1.82, 2.24) is 0 Å². The minimum Gasteiger partial charge on any atom is -0.397 e. The molecule has 0 aliphatic heterocycles. The lowest BCUT2D eigenvalue weighted by Gasteiger charge is -2.25. The van der Waals surface area contributed by atoms with Gasteiger partial charge in [-0.3, -0.25) is 4.79 Å². The lowest BCUT2D eigenvalue weighted by molar-refractivity contribution is -0.122. The van der Waals surface area contributed by atoms with Crippen molar-refractivity contribution in [2.24, 2.45) is 5.92 Å². The van der Waals surface area contributed by atoms with Crippen LogP contribution in [0.4, 0.5) is 11.4 Å². The molecule has 1 aliphatic rings. The maximum atomic E-state index is 11.8. The van der Waals surface area contributed by atoms with Crippen molar-refractivity contribution in [1.29, 1.82) is 0 Å². The highest BCUT2D eigenvalue weighted by molar-refractivity contribution is 5.96. The van der Waals surface area contributed by atoms with E-state index in [2.05, 4.69) is 5.32 Å². The van der Waals surface area contributed by atoms with Gasteiger partial charge >= 0.3 is 0 Å². The van der Waals surface area contributed by atoms with Gasteiger partial charge in [0.2, 0.25) is 5.91 Å². The van der Waals surface area contributed by atoms with E-state index in [1.165, 1.54) is 6.42 Å². The molecule has 3 N–H and O–H groups in total. The largest absolute Gasteiger partial charge is 0.397 e. The fourth-order valence-corrected chi connectivity index (χ4v) is 1.90. The molecule has 1 aromatic rings. The molecule has 2 rings (SSSR count). The third kappa shape index (κ3) is 1.90. The van der Waals surface area contributed by atoms with Crippen LogP contribution in [0.25, 0.3) is 0 Å². The van der Waals surface area contributed by atoms with Gasteiger partial charge in [-0.1, -0.05) is 12.5 Å². The number of hydrogen-bond donors (Lipinski definition) is 2. The third-order valence-corrected chi connectivity index (χ3v) is 3.49. The highest BCUT2D eigenvalue weighted by atomic mass is 16.1. The van der Waals surface area contributed by atoms with Gasteiger partial charge in [0, 0.05) is 5.92 Å². The number of nitrogens with two attached hydrogens (primary N) is 1. The summed E-state index contributed by atoms with van der Waals surface area (Å²) in [5.74, 6) is 0.311. The molecular formula is C13H18N2O. The normalized spacial score (nSPS) is 15.6. The first-order valence-electron chi connectivity index (χ1n) is 5.76. The number of anilines is 2. The Morgan fingerprint density at radius 1 is 1.38 bits per heavy atom. The highest BCUT2D eigenvalue weighted by Gasteiger charge is 2.25. The zero-order valence-corrected chi connectivity index (χ0v) is 9.84. The lowest BCUT2D eigenvalue weighted by atomic mass is 9.84. The van der Waals surface area contributed by atoms with Crippen molar-refractivity contribution in [3.8, 4) is 0 Å². The molecular weight excluding hydrogens is 200 g/mol. The van der Waals surface area contributed by atoms with E-state index in [-0.39, 0.29) is 11.8 Å². The molecule has 0 unspecified atom stereocenters. The maximum absolute atomic E-state index is 11.8. The molecule has 0 spiro atoms. The first-order valence-corrected chi connectivity index (χ1v) is 5.76. The van der Waals surface area contributed by atoms with E-state index in [0.29, 0.717) is 5.69 Å². The van der Waals surface area contributed by atoms with Crippen LogP contribution in [-0.4, -0.2) is 5.91 Å². The number of aryl methyl sites for hydroxylation is 1. The number of benzene rings is 1. The number of carbonyl (C=O) groups is 1. The van der Waals surface area contributed by atoms with Gasteiger partial charge in [0.1, 0.15) is 0 Å². The summed E-state index contributed by atoms with van der Waals surface area (Å²) in [6, 6.07) is 3.82. The second-order valence-electron chi connectivity index (χ2n) is 4.59. The summed E-state index contributed by atoms with van der Waals surface area (Å²) < 4.78 is 0. The van der Waals surface area contributed by atoms with Crippen LogP contribution < -0.4 is 11.1 Å². The van der Waals surface area contributed by atoms with Gasteiger partial charge in [0.25, 0.3) is 0 Å². The van der Waals surface area contributed by atoms with Gasteiger partial charge < -0.3 is 11.1 Å². The van der Waals surface area contributed by atoms with Crippen LogP contribution in [0.2, 0.25) is 0 Å². The van der Waals surface area contributed by atoms with Crippen LogP contribution in [0, 0.1) is 19.8 Å². The van der Waals surface area contributed by atoms with Crippen molar-refractivity contribution < 1.29 is 4.79 Å². The Bertz CT molecular complexity index is 422. The molecule has 1 fully saturated rings. The molecule has 0 atom stereocenters. The molecule has 1 aliphatic carbocycles. The topological polar surface area (TPSA) is 55.1 Å². The van der Waals surface area contributed by atoms with Gasteiger partial charge in [-0.15, -0.1) is 0 Å². The van der Waals surface area contributed by atoms with Gasteiger partial charge in [0.05, 0.1) is 11.4 Å². The minimum absolute atomic E-state index is 0.117. The average Bonchev–Trinajstić information content (AvgIpc) is 2.16. The van der Waals surface area contributed by atoms with E-state index in [4.69, 9.17) is 5.73 Å². The quantitative estimate of drug-likeness (QED) is 0.750. The Balaban J connectivity index is 2.19. The summed E-state index contributed by atoms with van der Waals surface area (Å²) in [6.07, 6.45) is 3.19. The second-order valence-corrected chi connectivity index (χ2v) is 4.59. The Hall–Kier alpha value is -1.51. The predicted octanol–water partition coefficient (Wildman–Crippen LogP) is 2.62. The minimum atomic E-state index is 0.117. The molecule has 1 amide bonds. The van der Waals surface area contributed by atoms with Crippen LogP contribution in [0.15, 0.2) is 12.1 Å². The molecule has 0 saturated heterocycles. The molecule has 0 heterocycles. The summed E-state index contributed by atoms with van der Waals surface area (Å²) in [5, 5.41) is 2.96. The highest BCUT2D eigenvalue weighted by Crippen LogP contribution is 2.30. The van der Waals surface area contributed by atoms with Crippen molar-refractivity contribution >= 4 is 17.3 Å². The van der Waals surface area contributed by atoms with E-state index in [0.717, 1.165) is 29.7 Å². The fourth-order valence-electron chi connectivity index (χ4n) is 1.90. The molecule has 86 valence electrons. The van der Waals surface area contributed by atoms with E-state index in [1.54, 1.807) is 0 Å². The smallest absolute Gasteiger partial charge is 0.227 e. The van der Waals surface area contributed by atoms with Crippen LogP contribution >= 0.6 is 0 Å². The third-order valence-electron chi connectivity index (χ3n) is 3.49. The Morgan fingerprint density at radius 3 is 2.62 bits per heavy atom. The van der Waals surface area contributed by atoms with Gasteiger partial charge in [-0.2, -0.15) is 0 Å². The first kappa shape index (κ1) is 11.0. The molecule has 1 saturated carbocycles. The van der Waals surface area contributed by atoms with Gasteiger partial charge in [0.15, 0.2) is 0 Å². The Morgan fingerprint density at radius 2 is 2.06 bits per heavy atom. The second kappa shape index (κ2) is 4.16. The maximum Gasteiger partial charge on any atom is 0.227 e. The zero-order chi connectivity index (χ0) is 11.7. The number of nitrogen functional groups attached to an aromatic ring is 1. The van der Waals surface area contributed by atoms with E-state index < -0.39 is 0 Å². The number of carbonyl (C=O) groups excluding carboxylic acids is 1. The molecule has 0 radical (unpaired) electrons. The molecule has 0 aromatic heterocycles. The number of amides is 1. The number of rotatable bonds is 2. The van der Waals surface area contributed by atoms with Crippen LogP contribution in [0.1, 0.15) is 30.4 Å². The van der Waals surface area contributed by atoms with Crippen molar-refractivity contribution in [3.63, 3.8) is 0 Å². The summed E-state index contributed by atoms with van der Waals surface area (Å²) in [5.41, 5.74) is 9.53. The predicted molar refractivity (Wildman–Crippen MR) is 66.3 cm³/mol. The van der Waals surface area contributed by atoms with Crippen molar-refractivity contribution in [2.75, 3.05) is 11.1 Å². The molecule has 3 nitrogen and oxygen atoms in total. The Kier molecular flexibility index (Phi) is 2.86. The summed E-state index contributed by atoms with van der Waals surface area (Å²) >= 11 is 0. The number of nitrogens with one attached hydrogen (secondary N) is 1. The van der Waals surface area contributed by atoms with E-state index >= 15 is 0 Å². The lowest BCUT2D eigenvalue weighted by Crippen LogP contribution is -2.28. The monoisotopic (exact) mass is 218 g/mol. The molecule has 0 bridgehead atoms. The summed E-state index contributed by atoms with van der Waals surface area (Å²) in [7, 11) is 0. The SMILES string of the molecule is Cc1ccc(N)c(NC(=O)C2CCC2)c1C. The molecule has 16 heavy (non-hydrogen) atoms. The van der Waals surface area contributed by atoms with E-state index in [9.17, 15) is 4.79 Å². The molecule has 1 aromatic carbocycles. The first-order chi connectivity index (χ1) is 7.59. The van der Waals surface area contributed by atoms with Gasteiger partial charge in [-0.25, -0.2) is 0 Å².